The van der Waals surface area contributed by atoms with Gasteiger partial charge >= 0.3 is 0 Å². The first-order valence-electron chi connectivity index (χ1n) is 5.08. The van der Waals surface area contributed by atoms with Crippen molar-refractivity contribution < 1.29 is 9.50 Å². The molecule has 2 N–H and O–H groups in total. The van der Waals surface area contributed by atoms with Gasteiger partial charge < -0.3 is 10.4 Å². The minimum atomic E-state index is -0.566. The van der Waals surface area contributed by atoms with Gasteiger partial charge in [0.05, 0.1) is 0 Å². The maximum absolute atomic E-state index is 13.0. The molecule has 1 aliphatic rings. The Balaban J connectivity index is 2.00. The molecular weight excluding hydrogens is 213 g/mol. The summed E-state index contributed by atoms with van der Waals surface area (Å²) in [6, 6.07) is 4.85. The summed E-state index contributed by atoms with van der Waals surface area (Å²) in [6.45, 7) is 0. The number of hydrogen-bond donors (Lipinski definition) is 2. The van der Waals surface area contributed by atoms with Crippen LogP contribution in [0.4, 0.5) is 10.1 Å². The van der Waals surface area contributed by atoms with E-state index in [0.717, 1.165) is 17.9 Å². The van der Waals surface area contributed by atoms with Crippen LogP contribution in [0.1, 0.15) is 12.8 Å². The van der Waals surface area contributed by atoms with Gasteiger partial charge in [-0.15, -0.1) is 0 Å². The predicted octanol–water partition coefficient (Wildman–Crippen LogP) is 2.84. The fourth-order valence-electron chi connectivity index (χ4n) is 1.69. The second kappa shape index (κ2) is 4.75. The van der Waals surface area contributed by atoms with Crippen molar-refractivity contribution in [3.8, 4) is 5.75 Å². The van der Waals surface area contributed by atoms with E-state index >= 15 is 0 Å². The smallest absolute Gasteiger partial charge is 0.166 e. The molecule has 1 aliphatic heterocycles. The third-order valence-electron chi connectivity index (χ3n) is 2.48. The van der Waals surface area contributed by atoms with E-state index in [1.807, 2.05) is 11.8 Å². The zero-order valence-corrected chi connectivity index (χ0v) is 9.19. The summed E-state index contributed by atoms with van der Waals surface area (Å²) in [5.74, 6) is 1.44. The Morgan fingerprint density at radius 1 is 1.47 bits per heavy atom. The summed E-state index contributed by atoms with van der Waals surface area (Å²) in [5.41, 5.74) is 0.748. The summed E-state index contributed by atoms with van der Waals surface area (Å²) in [6.07, 6.45) is 2.35. The fourth-order valence-corrected chi connectivity index (χ4v) is 2.76. The van der Waals surface area contributed by atoms with Crippen LogP contribution in [0.3, 0.4) is 0 Å². The normalized spacial score (nSPS) is 21.3. The number of benzene rings is 1. The Labute approximate surface area is 92.9 Å². The van der Waals surface area contributed by atoms with E-state index in [2.05, 4.69) is 5.32 Å². The topological polar surface area (TPSA) is 32.3 Å². The number of aromatic hydroxyl groups is 1. The molecule has 15 heavy (non-hydrogen) atoms. The Hall–Kier alpha value is -0.900. The van der Waals surface area contributed by atoms with Crippen LogP contribution in [0, 0.1) is 5.82 Å². The lowest BCUT2D eigenvalue weighted by molar-refractivity contribution is 0.432. The molecule has 2 nitrogen and oxygen atoms in total. The van der Waals surface area contributed by atoms with Gasteiger partial charge in [0.15, 0.2) is 11.6 Å². The Bertz CT molecular complexity index is 339. The van der Waals surface area contributed by atoms with Crippen molar-refractivity contribution in [2.45, 2.75) is 18.9 Å². The van der Waals surface area contributed by atoms with E-state index in [1.54, 1.807) is 6.07 Å². The van der Waals surface area contributed by atoms with E-state index in [0.29, 0.717) is 6.04 Å². The van der Waals surface area contributed by atoms with Crippen molar-refractivity contribution in [3.63, 3.8) is 0 Å². The molecule has 0 saturated carbocycles. The van der Waals surface area contributed by atoms with E-state index < -0.39 is 5.82 Å². The highest BCUT2D eigenvalue weighted by molar-refractivity contribution is 7.99. The zero-order chi connectivity index (χ0) is 10.7. The lowest BCUT2D eigenvalue weighted by Gasteiger charge is -2.23. The van der Waals surface area contributed by atoms with Gasteiger partial charge in [-0.25, -0.2) is 4.39 Å². The lowest BCUT2D eigenvalue weighted by Crippen LogP contribution is -2.25. The number of nitrogens with one attached hydrogen (secondary N) is 1. The van der Waals surface area contributed by atoms with Gasteiger partial charge in [-0.05, 0) is 30.7 Å². The van der Waals surface area contributed by atoms with E-state index in [9.17, 15) is 4.39 Å². The van der Waals surface area contributed by atoms with Crippen LogP contribution in [-0.4, -0.2) is 22.7 Å². The summed E-state index contributed by atoms with van der Waals surface area (Å²) in [7, 11) is 0. The highest BCUT2D eigenvalue weighted by Gasteiger charge is 2.13. The highest BCUT2D eigenvalue weighted by atomic mass is 32.2. The maximum atomic E-state index is 13.0. The molecule has 1 fully saturated rings. The van der Waals surface area contributed by atoms with E-state index in [4.69, 9.17) is 5.11 Å². The first-order valence-corrected chi connectivity index (χ1v) is 6.24. The van der Waals surface area contributed by atoms with Crippen molar-refractivity contribution >= 4 is 17.4 Å². The fraction of sp³-hybridized carbons (Fsp3) is 0.455. The van der Waals surface area contributed by atoms with Gasteiger partial charge in [-0.2, -0.15) is 11.8 Å². The third-order valence-corrected chi connectivity index (χ3v) is 3.69. The molecule has 0 spiro atoms. The average molecular weight is 227 g/mol. The van der Waals surface area contributed by atoms with Gasteiger partial charge in [0, 0.05) is 23.5 Å². The van der Waals surface area contributed by atoms with Crippen LogP contribution in [0.15, 0.2) is 18.2 Å². The van der Waals surface area contributed by atoms with Crippen molar-refractivity contribution in [1.82, 2.24) is 0 Å². The standard InChI is InChI=1S/C11H14FNOS/c12-10-6-8(3-4-11(10)14)13-9-2-1-5-15-7-9/h3-4,6,9,13-14H,1-2,5,7H2. The molecule has 1 aromatic carbocycles. The third kappa shape index (κ3) is 2.78. The molecule has 1 unspecified atom stereocenters. The summed E-state index contributed by atoms with van der Waals surface area (Å²) >= 11 is 1.92. The van der Waals surface area contributed by atoms with Crippen LogP contribution >= 0.6 is 11.8 Å². The van der Waals surface area contributed by atoms with Crippen molar-refractivity contribution in [2.75, 3.05) is 16.8 Å². The number of hydrogen-bond acceptors (Lipinski definition) is 3. The molecule has 4 heteroatoms. The first kappa shape index (κ1) is 10.6. The monoisotopic (exact) mass is 227 g/mol. The van der Waals surface area contributed by atoms with Gasteiger partial charge in [0.25, 0.3) is 0 Å². The molecule has 1 atom stereocenters. The molecule has 0 bridgehead atoms. The number of thioether (sulfide) groups is 1. The number of phenolic OH excluding ortho intramolecular Hbond substituents is 1. The Morgan fingerprint density at radius 2 is 2.33 bits per heavy atom. The second-order valence-electron chi connectivity index (χ2n) is 3.72. The summed E-state index contributed by atoms with van der Waals surface area (Å²) < 4.78 is 13.0. The second-order valence-corrected chi connectivity index (χ2v) is 4.87. The van der Waals surface area contributed by atoms with Gasteiger partial charge in [-0.3, -0.25) is 0 Å². The minimum absolute atomic E-state index is 0.293. The van der Waals surface area contributed by atoms with Crippen molar-refractivity contribution in [1.29, 1.82) is 0 Å². The molecule has 0 radical (unpaired) electrons. The molecule has 1 saturated heterocycles. The number of halogens is 1. The predicted molar refractivity (Wildman–Crippen MR) is 62.0 cm³/mol. The van der Waals surface area contributed by atoms with Crippen LogP contribution in [0.25, 0.3) is 0 Å². The molecule has 0 aliphatic carbocycles. The van der Waals surface area contributed by atoms with E-state index in [1.165, 1.54) is 24.3 Å². The molecule has 0 amide bonds. The summed E-state index contributed by atoms with van der Waals surface area (Å²) in [4.78, 5) is 0. The minimum Gasteiger partial charge on any atom is -0.505 e. The SMILES string of the molecule is Oc1ccc(NC2CCCSC2)cc1F. The molecule has 82 valence electrons. The van der Waals surface area contributed by atoms with Crippen LogP contribution in [0.5, 0.6) is 5.75 Å². The van der Waals surface area contributed by atoms with Gasteiger partial charge in [-0.1, -0.05) is 0 Å². The Morgan fingerprint density at radius 3 is 3.00 bits per heavy atom. The molecule has 1 aromatic rings. The quantitative estimate of drug-likeness (QED) is 0.762. The maximum Gasteiger partial charge on any atom is 0.166 e. The Kier molecular flexibility index (Phi) is 3.36. The van der Waals surface area contributed by atoms with Gasteiger partial charge in [0.2, 0.25) is 0 Å². The zero-order valence-electron chi connectivity index (χ0n) is 8.37. The average Bonchev–Trinajstić information content (AvgIpc) is 2.25. The lowest BCUT2D eigenvalue weighted by atomic mass is 10.1. The molecule has 1 heterocycles. The summed E-state index contributed by atoms with van der Waals surface area (Å²) in [5, 5.41) is 12.3. The van der Waals surface area contributed by atoms with Crippen molar-refractivity contribution in [2.24, 2.45) is 0 Å². The highest BCUT2D eigenvalue weighted by Crippen LogP contribution is 2.23. The molecule has 0 aromatic heterocycles. The number of anilines is 1. The van der Waals surface area contributed by atoms with Crippen LogP contribution < -0.4 is 5.32 Å². The van der Waals surface area contributed by atoms with Crippen LogP contribution in [-0.2, 0) is 0 Å². The molecular formula is C11H14FNOS. The van der Waals surface area contributed by atoms with Crippen LogP contribution in [0.2, 0.25) is 0 Å². The number of rotatable bonds is 2. The number of phenols is 1. The first-order chi connectivity index (χ1) is 7.25. The largest absolute Gasteiger partial charge is 0.505 e. The van der Waals surface area contributed by atoms with E-state index in [-0.39, 0.29) is 5.75 Å². The molecule has 2 rings (SSSR count). The van der Waals surface area contributed by atoms with Crippen molar-refractivity contribution in [3.05, 3.63) is 24.0 Å². The van der Waals surface area contributed by atoms with Gasteiger partial charge in [0.1, 0.15) is 0 Å².